The molecular weight excluding hydrogens is 232 g/mol. The average molecular weight is 268 g/mol. The molecule has 1 saturated heterocycles. The van der Waals surface area contributed by atoms with E-state index in [0.29, 0.717) is 11.5 Å². The number of likely N-dealkylation sites (tertiary alicyclic amines) is 1. The van der Waals surface area contributed by atoms with Crippen LogP contribution in [0.5, 0.6) is 0 Å². The van der Waals surface area contributed by atoms with Crippen molar-refractivity contribution >= 4 is 0 Å². The van der Waals surface area contributed by atoms with E-state index in [9.17, 15) is 0 Å². The van der Waals surface area contributed by atoms with Crippen molar-refractivity contribution in [3.05, 3.63) is 0 Å². The lowest BCUT2D eigenvalue weighted by Crippen LogP contribution is -2.51. The summed E-state index contributed by atoms with van der Waals surface area (Å²) in [5.74, 6) is 1.67. The molecule has 2 heteroatoms. The van der Waals surface area contributed by atoms with Gasteiger partial charge >= 0.3 is 0 Å². The minimum Gasteiger partial charge on any atom is -0.312 e. The summed E-state index contributed by atoms with van der Waals surface area (Å²) in [4.78, 5) is 2.69. The van der Waals surface area contributed by atoms with Crippen LogP contribution >= 0.6 is 0 Å². The molecule has 0 spiro atoms. The van der Waals surface area contributed by atoms with Gasteiger partial charge in [0.1, 0.15) is 0 Å². The Morgan fingerprint density at radius 1 is 1.21 bits per heavy atom. The van der Waals surface area contributed by atoms with Crippen molar-refractivity contribution in [3.8, 4) is 0 Å². The summed E-state index contributed by atoms with van der Waals surface area (Å²) in [5, 5.41) is 3.81. The molecule has 0 aromatic heterocycles. The maximum Gasteiger partial charge on any atom is 0.0198 e. The van der Waals surface area contributed by atoms with Crippen LogP contribution in [0.15, 0.2) is 0 Å². The summed E-state index contributed by atoms with van der Waals surface area (Å²) >= 11 is 0. The van der Waals surface area contributed by atoms with Crippen molar-refractivity contribution in [2.75, 3.05) is 26.2 Å². The Morgan fingerprint density at radius 2 is 1.89 bits per heavy atom. The highest BCUT2D eigenvalue weighted by Crippen LogP contribution is 2.24. The highest BCUT2D eigenvalue weighted by atomic mass is 15.2. The van der Waals surface area contributed by atoms with Gasteiger partial charge in [-0.05, 0) is 36.6 Å². The first kappa shape index (κ1) is 17.0. The third-order valence-electron chi connectivity index (χ3n) is 4.25. The maximum absolute atomic E-state index is 3.81. The highest BCUT2D eigenvalue weighted by Gasteiger charge is 2.29. The number of piperidine rings is 1. The van der Waals surface area contributed by atoms with Gasteiger partial charge < -0.3 is 10.2 Å². The third kappa shape index (κ3) is 6.76. The van der Waals surface area contributed by atoms with Crippen molar-refractivity contribution in [2.24, 2.45) is 17.3 Å². The summed E-state index contributed by atoms with van der Waals surface area (Å²) in [6.07, 6.45) is 4.01. The van der Waals surface area contributed by atoms with Crippen LogP contribution in [-0.2, 0) is 0 Å². The van der Waals surface area contributed by atoms with Crippen molar-refractivity contribution in [1.82, 2.24) is 10.2 Å². The summed E-state index contributed by atoms with van der Waals surface area (Å²) in [5.41, 5.74) is 0.388. The smallest absolute Gasteiger partial charge is 0.0198 e. The minimum atomic E-state index is 0.388. The van der Waals surface area contributed by atoms with Crippen LogP contribution in [0, 0.1) is 17.3 Å². The molecule has 1 aliphatic heterocycles. The van der Waals surface area contributed by atoms with E-state index in [1.807, 2.05) is 0 Å². The normalized spacial score (nSPS) is 26.1. The Morgan fingerprint density at radius 3 is 2.42 bits per heavy atom. The molecule has 2 atom stereocenters. The number of hydrogen-bond donors (Lipinski definition) is 1. The minimum absolute atomic E-state index is 0.388. The number of nitrogens with zero attached hydrogens (tertiary/aromatic N) is 1. The molecule has 0 radical (unpaired) electrons. The number of rotatable bonds is 6. The first-order valence-electron chi connectivity index (χ1n) is 8.27. The van der Waals surface area contributed by atoms with Crippen molar-refractivity contribution in [2.45, 2.75) is 66.8 Å². The third-order valence-corrected chi connectivity index (χ3v) is 4.25. The van der Waals surface area contributed by atoms with Crippen molar-refractivity contribution < 1.29 is 0 Å². The lowest BCUT2D eigenvalue weighted by molar-refractivity contribution is 0.110. The zero-order valence-electron chi connectivity index (χ0n) is 14.1. The molecule has 2 unspecified atom stereocenters. The largest absolute Gasteiger partial charge is 0.312 e. The van der Waals surface area contributed by atoms with Gasteiger partial charge in [0.15, 0.2) is 0 Å². The van der Waals surface area contributed by atoms with Crippen molar-refractivity contribution in [3.63, 3.8) is 0 Å². The molecule has 1 rings (SSSR count). The van der Waals surface area contributed by atoms with E-state index in [1.54, 1.807) is 0 Å². The van der Waals surface area contributed by atoms with Gasteiger partial charge in [0.25, 0.3) is 0 Å². The Hall–Kier alpha value is -0.0800. The fourth-order valence-corrected chi connectivity index (χ4v) is 2.88. The first-order chi connectivity index (χ1) is 8.81. The van der Waals surface area contributed by atoms with Crippen LogP contribution in [-0.4, -0.2) is 37.1 Å². The van der Waals surface area contributed by atoms with Gasteiger partial charge in [-0.1, -0.05) is 48.0 Å². The Kier molecular flexibility index (Phi) is 6.82. The lowest BCUT2D eigenvalue weighted by Gasteiger charge is -2.40. The van der Waals surface area contributed by atoms with Gasteiger partial charge in [0, 0.05) is 25.7 Å². The van der Waals surface area contributed by atoms with Gasteiger partial charge in [-0.3, -0.25) is 0 Å². The van der Waals surface area contributed by atoms with Gasteiger partial charge in [-0.15, -0.1) is 0 Å². The molecule has 0 amide bonds. The van der Waals surface area contributed by atoms with Crippen LogP contribution < -0.4 is 5.32 Å². The zero-order valence-corrected chi connectivity index (χ0v) is 14.1. The van der Waals surface area contributed by atoms with Crippen LogP contribution in [0.2, 0.25) is 0 Å². The monoisotopic (exact) mass is 268 g/mol. The van der Waals surface area contributed by atoms with Gasteiger partial charge in [-0.25, -0.2) is 0 Å². The second kappa shape index (κ2) is 7.64. The predicted molar refractivity (Wildman–Crippen MR) is 85.5 cm³/mol. The van der Waals surface area contributed by atoms with Crippen LogP contribution in [0.25, 0.3) is 0 Å². The van der Waals surface area contributed by atoms with E-state index in [0.717, 1.165) is 18.4 Å². The molecule has 1 fully saturated rings. The van der Waals surface area contributed by atoms with E-state index < -0.39 is 0 Å². The molecule has 2 nitrogen and oxygen atoms in total. The summed E-state index contributed by atoms with van der Waals surface area (Å²) < 4.78 is 0. The number of hydrogen-bond acceptors (Lipinski definition) is 2. The fraction of sp³-hybridized carbons (Fsp3) is 1.00. The molecular formula is C17H36N2. The van der Waals surface area contributed by atoms with E-state index in [1.165, 1.54) is 38.9 Å². The molecule has 0 saturated carbocycles. The van der Waals surface area contributed by atoms with Crippen LogP contribution in [0.4, 0.5) is 0 Å². The zero-order chi connectivity index (χ0) is 14.5. The van der Waals surface area contributed by atoms with Gasteiger partial charge in [0.2, 0.25) is 0 Å². The number of unbranched alkanes of at least 4 members (excludes halogenated alkanes) is 1. The van der Waals surface area contributed by atoms with Gasteiger partial charge in [0.05, 0.1) is 0 Å². The molecule has 0 aromatic carbocycles. The molecule has 1 N–H and O–H groups in total. The molecule has 0 aliphatic carbocycles. The second-order valence-electron chi connectivity index (χ2n) is 7.99. The van der Waals surface area contributed by atoms with E-state index in [2.05, 4.69) is 51.8 Å². The topological polar surface area (TPSA) is 15.3 Å². The SMILES string of the molecule is CCCCN1CC(NCC(C)(C)C)CC(C(C)C)C1. The summed E-state index contributed by atoms with van der Waals surface area (Å²) in [7, 11) is 0. The highest BCUT2D eigenvalue weighted by molar-refractivity contribution is 4.85. The van der Waals surface area contributed by atoms with E-state index in [4.69, 9.17) is 0 Å². The Bertz CT molecular complexity index is 242. The Balaban J connectivity index is 2.49. The molecule has 0 bridgehead atoms. The lowest BCUT2D eigenvalue weighted by atomic mass is 9.85. The van der Waals surface area contributed by atoms with Gasteiger partial charge in [-0.2, -0.15) is 0 Å². The van der Waals surface area contributed by atoms with Crippen LogP contribution in [0.1, 0.15) is 60.8 Å². The summed E-state index contributed by atoms with van der Waals surface area (Å²) in [6, 6.07) is 0.692. The standard InChI is InChI=1S/C17H36N2/c1-7-8-9-19-11-15(14(2)3)10-16(12-19)18-13-17(4,5)6/h14-16,18H,7-13H2,1-6H3. The fourth-order valence-electron chi connectivity index (χ4n) is 2.88. The first-order valence-corrected chi connectivity index (χ1v) is 8.27. The Labute approximate surface area is 121 Å². The molecule has 1 heterocycles. The molecule has 0 aromatic rings. The second-order valence-corrected chi connectivity index (χ2v) is 7.99. The quantitative estimate of drug-likeness (QED) is 0.789. The van der Waals surface area contributed by atoms with Crippen molar-refractivity contribution in [1.29, 1.82) is 0 Å². The molecule has 19 heavy (non-hydrogen) atoms. The van der Waals surface area contributed by atoms with E-state index >= 15 is 0 Å². The molecule has 114 valence electrons. The molecule has 1 aliphatic rings. The predicted octanol–water partition coefficient (Wildman–Crippen LogP) is 3.77. The van der Waals surface area contributed by atoms with E-state index in [-0.39, 0.29) is 0 Å². The van der Waals surface area contributed by atoms with Crippen LogP contribution in [0.3, 0.4) is 0 Å². The maximum atomic E-state index is 3.81. The average Bonchev–Trinajstić information content (AvgIpc) is 2.32. The number of nitrogens with one attached hydrogen (secondary N) is 1. The summed E-state index contributed by atoms with van der Waals surface area (Å²) in [6.45, 7) is 19.0.